The fraction of sp³-hybridized carbons (Fsp3) is 0.308. The zero-order valence-corrected chi connectivity index (χ0v) is 11.3. The van der Waals surface area contributed by atoms with Gasteiger partial charge in [-0.15, -0.1) is 0 Å². The molecule has 4 nitrogen and oxygen atoms in total. The zero-order chi connectivity index (χ0) is 13.5. The number of esters is 1. The van der Waals surface area contributed by atoms with E-state index in [4.69, 9.17) is 17.3 Å². The van der Waals surface area contributed by atoms with Crippen LogP contribution < -0.4 is 11.1 Å². The summed E-state index contributed by atoms with van der Waals surface area (Å²) in [5, 5.41) is 3.55. The number of halogens is 1. The lowest BCUT2D eigenvalue weighted by atomic mass is 10.1. The van der Waals surface area contributed by atoms with Crippen LogP contribution in [0.15, 0.2) is 18.2 Å². The van der Waals surface area contributed by atoms with Crippen LogP contribution in [0.4, 0.5) is 5.69 Å². The number of nitrogens with one attached hydrogen (secondary N) is 1. The molecule has 0 aliphatic rings. The van der Waals surface area contributed by atoms with E-state index in [1.807, 2.05) is 19.2 Å². The predicted molar refractivity (Wildman–Crippen MR) is 74.8 cm³/mol. The first-order valence-corrected chi connectivity index (χ1v) is 5.96. The number of carbonyl (C=O) groups is 1. The second-order valence-corrected chi connectivity index (χ2v) is 4.15. The molecule has 1 aromatic rings. The lowest BCUT2D eigenvalue weighted by Crippen LogP contribution is -2.06. The van der Waals surface area contributed by atoms with Gasteiger partial charge in [-0.1, -0.05) is 23.8 Å². The Labute approximate surface area is 112 Å². The fourth-order valence-electron chi connectivity index (χ4n) is 1.46. The van der Waals surface area contributed by atoms with Crippen molar-refractivity contribution in [3.63, 3.8) is 0 Å². The number of methoxy groups -OCH3 is 1. The third-order valence-electron chi connectivity index (χ3n) is 2.43. The van der Waals surface area contributed by atoms with Gasteiger partial charge in [0.05, 0.1) is 12.7 Å². The van der Waals surface area contributed by atoms with E-state index in [0.29, 0.717) is 16.3 Å². The van der Waals surface area contributed by atoms with Crippen LogP contribution in [0.2, 0.25) is 5.02 Å². The lowest BCUT2D eigenvalue weighted by Gasteiger charge is -2.07. The Kier molecular flexibility index (Phi) is 5.68. The Balaban J connectivity index is 2.98. The topological polar surface area (TPSA) is 64.3 Å². The Bertz CT molecular complexity index is 459. The van der Waals surface area contributed by atoms with Gasteiger partial charge in [-0.25, -0.2) is 4.79 Å². The van der Waals surface area contributed by atoms with Crippen LogP contribution in [-0.2, 0) is 4.74 Å². The minimum Gasteiger partial charge on any atom is -0.465 e. The summed E-state index contributed by atoms with van der Waals surface area (Å²) in [5.41, 5.74) is 7.12. The van der Waals surface area contributed by atoms with E-state index in [2.05, 4.69) is 10.1 Å². The molecule has 0 heterocycles. The van der Waals surface area contributed by atoms with Crippen molar-refractivity contribution >= 4 is 29.3 Å². The highest BCUT2D eigenvalue weighted by molar-refractivity contribution is 6.32. The molecule has 0 saturated carbocycles. The minimum atomic E-state index is -0.464. The molecule has 98 valence electrons. The van der Waals surface area contributed by atoms with Gasteiger partial charge in [0.2, 0.25) is 0 Å². The van der Waals surface area contributed by atoms with Crippen molar-refractivity contribution in [2.45, 2.75) is 6.42 Å². The number of rotatable bonds is 5. The molecule has 1 rings (SSSR count). The lowest BCUT2D eigenvalue weighted by molar-refractivity contribution is 0.0602. The number of carbonyl (C=O) groups excluding carboxylic acids is 1. The standard InChI is InChI=1S/C13H17ClN2O2/c1-16-6-4-3-5-9-7-10(13(17)18-2)12(15)8-11(9)14/h3,5,7-8,16H,4,6,15H2,1-2H3. The van der Waals surface area contributed by atoms with Gasteiger partial charge in [-0.05, 0) is 37.7 Å². The van der Waals surface area contributed by atoms with Crippen molar-refractivity contribution in [3.05, 3.63) is 34.4 Å². The van der Waals surface area contributed by atoms with E-state index >= 15 is 0 Å². The zero-order valence-electron chi connectivity index (χ0n) is 10.5. The molecule has 0 bridgehead atoms. The highest BCUT2D eigenvalue weighted by Gasteiger charge is 2.12. The van der Waals surface area contributed by atoms with Crippen molar-refractivity contribution in [3.8, 4) is 0 Å². The van der Waals surface area contributed by atoms with Crippen molar-refractivity contribution in [2.24, 2.45) is 0 Å². The molecule has 18 heavy (non-hydrogen) atoms. The Morgan fingerprint density at radius 3 is 2.89 bits per heavy atom. The Morgan fingerprint density at radius 1 is 1.56 bits per heavy atom. The third kappa shape index (κ3) is 3.75. The summed E-state index contributed by atoms with van der Waals surface area (Å²) in [5.74, 6) is -0.464. The molecular weight excluding hydrogens is 252 g/mol. The van der Waals surface area contributed by atoms with Gasteiger partial charge in [0.25, 0.3) is 0 Å². The second kappa shape index (κ2) is 7.03. The number of anilines is 1. The summed E-state index contributed by atoms with van der Waals surface area (Å²) in [6.07, 6.45) is 4.73. The van der Waals surface area contributed by atoms with Gasteiger partial charge in [0.15, 0.2) is 0 Å². The van der Waals surface area contributed by atoms with E-state index in [0.717, 1.165) is 18.5 Å². The number of hydrogen-bond donors (Lipinski definition) is 2. The first-order valence-electron chi connectivity index (χ1n) is 5.58. The summed E-state index contributed by atoms with van der Waals surface area (Å²) in [6, 6.07) is 3.20. The van der Waals surface area contributed by atoms with Gasteiger partial charge >= 0.3 is 5.97 Å². The SMILES string of the molecule is CNCCC=Cc1cc(C(=O)OC)c(N)cc1Cl. The van der Waals surface area contributed by atoms with Crippen LogP contribution in [0.5, 0.6) is 0 Å². The molecule has 0 spiro atoms. The van der Waals surface area contributed by atoms with Crippen LogP contribution in [-0.4, -0.2) is 26.7 Å². The molecule has 0 aromatic heterocycles. The molecule has 3 N–H and O–H groups in total. The van der Waals surface area contributed by atoms with E-state index in [9.17, 15) is 4.79 Å². The predicted octanol–water partition coefficient (Wildman–Crippen LogP) is 2.33. The summed E-state index contributed by atoms with van der Waals surface area (Å²) in [6.45, 7) is 0.882. The van der Waals surface area contributed by atoms with Crippen molar-refractivity contribution in [1.82, 2.24) is 5.32 Å². The molecule has 0 aliphatic carbocycles. The van der Waals surface area contributed by atoms with Crippen LogP contribution in [0.3, 0.4) is 0 Å². The van der Waals surface area contributed by atoms with Crippen LogP contribution in [0.25, 0.3) is 6.08 Å². The molecule has 0 fully saturated rings. The monoisotopic (exact) mass is 268 g/mol. The minimum absolute atomic E-state index is 0.319. The first kappa shape index (κ1) is 14.5. The van der Waals surface area contributed by atoms with Crippen LogP contribution >= 0.6 is 11.6 Å². The molecule has 5 heteroatoms. The van der Waals surface area contributed by atoms with Gasteiger partial charge < -0.3 is 15.8 Å². The molecule has 0 aliphatic heterocycles. The fourth-order valence-corrected chi connectivity index (χ4v) is 1.69. The highest BCUT2D eigenvalue weighted by atomic mass is 35.5. The van der Waals surface area contributed by atoms with E-state index in [-0.39, 0.29) is 0 Å². The maximum Gasteiger partial charge on any atom is 0.339 e. The number of ether oxygens (including phenoxy) is 1. The van der Waals surface area contributed by atoms with Crippen molar-refractivity contribution in [2.75, 3.05) is 26.4 Å². The third-order valence-corrected chi connectivity index (χ3v) is 2.76. The first-order chi connectivity index (χ1) is 8.60. The molecule has 1 aromatic carbocycles. The van der Waals surface area contributed by atoms with Crippen LogP contribution in [0.1, 0.15) is 22.3 Å². The average Bonchev–Trinajstić information content (AvgIpc) is 2.36. The Morgan fingerprint density at radius 2 is 2.28 bits per heavy atom. The maximum atomic E-state index is 11.5. The number of nitrogen functional groups attached to an aromatic ring is 1. The van der Waals surface area contributed by atoms with Gasteiger partial charge in [0, 0.05) is 10.7 Å². The van der Waals surface area contributed by atoms with E-state index in [1.165, 1.54) is 7.11 Å². The van der Waals surface area contributed by atoms with Crippen molar-refractivity contribution < 1.29 is 9.53 Å². The largest absolute Gasteiger partial charge is 0.465 e. The number of benzene rings is 1. The van der Waals surface area contributed by atoms with Gasteiger partial charge in [-0.2, -0.15) is 0 Å². The second-order valence-electron chi connectivity index (χ2n) is 3.75. The summed E-state index contributed by atoms with van der Waals surface area (Å²) in [7, 11) is 3.21. The summed E-state index contributed by atoms with van der Waals surface area (Å²) < 4.78 is 4.66. The van der Waals surface area contributed by atoms with Crippen LogP contribution in [0, 0.1) is 0 Å². The van der Waals surface area contributed by atoms with E-state index < -0.39 is 5.97 Å². The highest BCUT2D eigenvalue weighted by Crippen LogP contribution is 2.25. The summed E-state index contributed by atoms with van der Waals surface area (Å²) >= 11 is 6.06. The van der Waals surface area contributed by atoms with Gasteiger partial charge in [0.1, 0.15) is 0 Å². The maximum absolute atomic E-state index is 11.5. The molecule has 0 saturated heterocycles. The average molecular weight is 269 g/mol. The summed E-state index contributed by atoms with van der Waals surface area (Å²) in [4.78, 5) is 11.5. The van der Waals surface area contributed by atoms with Gasteiger partial charge in [-0.3, -0.25) is 0 Å². The molecular formula is C13H17ClN2O2. The number of hydrogen-bond acceptors (Lipinski definition) is 4. The number of nitrogens with two attached hydrogens (primary N) is 1. The molecule has 0 radical (unpaired) electrons. The molecule has 0 atom stereocenters. The van der Waals surface area contributed by atoms with E-state index in [1.54, 1.807) is 12.1 Å². The Hall–Kier alpha value is -1.52. The smallest absolute Gasteiger partial charge is 0.339 e. The quantitative estimate of drug-likeness (QED) is 0.489. The normalized spacial score (nSPS) is 10.8. The molecule has 0 amide bonds. The molecule has 0 unspecified atom stereocenters. The van der Waals surface area contributed by atoms with Crippen molar-refractivity contribution in [1.29, 1.82) is 0 Å².